The van der Waals surface area contributed by atoms with Gasteiger partial charge in [-0.05, 0) is 45.0 Å². The zero-order valence-electron chi connectivity index (χ0n) is 16.3. The molecule has 0 saturated carbocycles. The predicted octanol–water partition coefficient (Wildman–Crippen LogP) is 3.83. The van der Waals surface area contributed by atoms with Crippen molar-refractivity contribution in [2.45, 2.75) is 27.3 Å². The predicted molar refractivity (Wildman–Crippen MR) is 106 cm³/mol. The van der Waals surface area contributed by atoms with Crippen LogP contribution in [-0.2, 0) is 11.3 Å². The van der Waals surface area contributed by atoms with E-state index < -0.39 is 0 Å². The fourth-order valence-corrected chi connectivity index (χ4v) is 2.94. The van der Waals surface area contributed by atoms with Gasteiger partial charge in [0.15, 0.2) is 6.61 Å². The Balaban J connectivity index is 1.66. The van der Waals surface area contributed by atoms with Crippen LogP contribution in [0.3, 0.4) is 0 Å². The number of rotatable bonds is 6. The van der Waals surface area contributed by atoms with Gasteiger partial charge in [-0.25, -0.2) is 4.68 Å². The Hall–Kier alpha value is -3.08. The van der Waals surface area contributed by atoms with Gasteiger partial charge in [-0.1, -0.05) is 35.9 Å². The molecule has 3 rings (SSSR count). The molecule has 27 heavy (non-hydrogen) atoms. The van der Waals surface area contributed by atoms with E-state index in [0.717, 1.165) is 28.2 Å². The number of aryl methyl sites for hydroxylation is 2. The van der Waals surface area contributed by atoms with Gasteiger partial charge in [0, 0.05) is 24.8 Å². The third kappa shape index (κ3) is 4.37. The molecular formula is C22H25N3O2. The Morgan fingerprint density at radius 2 is 1.70 bits per heavy atom. The average Bonchev–Trinajstić information content (AvgIpc) is 2.96. The lowest BCUT2D eigenvalue weighted by Crippen LogP contribution is -2.31. The van der Waals surface area contributed by atoms with Crippen molar-refractivity contribution in [1.29, 1.82) is 0 Å². The fourth-order valence-electron chi connectivity index (χ4n) is 2.94. The minimum Gasteiger partial charge on any atom is -0.484 e. The molecule has 1 heterocycles. The van der Waals surface area contributed by atoms with Crippen LogP contribution in [0.15, 0.2) is 54.6 Å². The number of hydrogen-bond acceptors (Lipinski definition) is 3. The highest BCUT2D eigenvalue weighted by molar-refractivity contribution is 5.77. The van der Waals surface area contributed by atoms with Crippen LogP contribution in [0, 0.1) is 20.8 Å². The van der Waals surface area contributed by atoms with Crippen molar-refractivity contribution < 1.29 is 9.53 Å². The zero-order valence-corrected chi connectivity index (χ0v) is 16.3. The van der Waals surface area contributed by atoms with Gasteiger partial charge in [0.25, 0.3) is 5.91 Å². The molecule has 0 radical (unpaired) electrons. The van der Waals surface area contributed by atoms with Gasteiger partial charge >= 0.3 is 0 Å². The van der Waals surface area contributed by atoms with E-state index in [4.69, 9.17) is 4.74 Å². The van der Waals surface area contributed by atoms with Crippen molar-refractivity contribution in [1.82, 2.24) is 14.7 Å². The van der Waals surface area contributed by atoms with E-state index in [9.17, 15) is 4.79 Å². The lowest BCUT2D eigenvalue weighted by molar-refractivity contribution is -0.132. The van der Waals surface area contributed by atoms with Crippen molar-refractivity contribution in [3.8, 4) is 11.4 Å². The molecular weight excluding hydrogens is 338 g/mol. The minimum atomic E-state index is -0.0677. The molecule has 0 spiro atoms. The summed E-state index contributed by atoms with van der Waals surface area (Å²) in [5, 5.41) is 4.64. The molecule has 0 bridgehead atoms. The first kappa shape index (κ1) is 18.7. The summed E-state index contributed by atoms with van der Waals surface area (Å²) in [7, 11) is 1.79. The fraction of sp³-hybridized carbons (Fsp3) is 0.273. The van der Waals surface area contributed by atoms with Crippen molar-refractivity contribution in [2.75, 3.05) is 13.7 Å². The first-order chi connectivity index (χ1) is 13.0. The van der Waals surface area contributed by atoms with Crippen LogP contribution in [0.5, 0.6) is 5.75 Å². The quantitative estimate of drug-likeness (QED) is 0.669. The second kappa shape index (κ2) is 8.08. The van der Waals surface area contributed by atoms with E-state index in [1.807, 2.05) is 80.1 Å². The van der Waals surface area contributed by atoms with E-state index in [-0.39, 0.29) is 12.5 Å². The third-order valence-corrected chi connectivity index (χ3v) is 4.65. The molecule has 5 heteroatoms. The lowest BCUT2D eigenvalue weighted by Gasteiger charge is -2.18. The number of ether oxygens (including phenoxy) is 1. The Morgan fingerprint density at radius 3 is 2.37 bits per heavy atom. The van der Waals surface area contributed by atoms with Crippen LogP contribution in [0.25, 0.3) is 5.69 Å². The molecule has 0 atom stereocenters. The number of carbonyl (C=O) groups is 1. The molecule has 0 N–H and O–H groups in total. The Morgan fingerprint density at radius 1 is 1.04 bits per heavy atom. The summed E-state index contributed by atoms with van der Waals surface area (Å²) < 4.78 is 7.53. The monoisotopic (exact) mass is 363 g/mol. The van der Waals surface area contributed by atoms with Crippen molar-refractivity contribution in [2.24, 2.45) is 0 Å². The maximum atomic E-state index is 12.5. The van der Waals surface area contributed by atoms with Crippen LogP contribution in [0.2, 0.25) is 0 Å². The van der Waals surface area contributed by atoms with E-state index in [1.54, 1.807) is 11.9 Å². The summed E-state index contributed by atoms with van der Waals surface area (Å²) in [6, 6.07) is 17.7. The molecule has 0 fully saturated rings. The molecule has 1 aromatic heterocycles. The number of hydrogen-bond donors (Lipinski definition) is 0. The summed E-state index contributed by atoms with van der Waals surface area (Å²) in [5.41, 5.74) is 5.20. The number of para-hydroxylation sites is 1. The molecule has 2 aromatic carbocycles. The average molecular weight is 363 g/mol. The van der Waals surface area contributed by atoms with Gasteiger partial charge in [-0.15, -0.1) is 0 Å². The molecule has 0 saturated heterocycles. The van der Waals surface area contributed by atoms with Crippen LogP contribution < -0.4 is 4.74 Å². The molecule has 0 unspecified atom stereocenters. The van der Waals surface area contributed by atoms with Crippen LogP contribution in [0.4, 0.5) is 0 Å². The summed E-state index contributed by atoms with van der Waals surface area (Å²) in [5.74, 6) is 0.633. The number of benzene rings is 2. The van der Waals surface area contributed by atoms with E-state index in [2.05, 4.69) is 5.10 Å². The Bertz CT molecular complexity index is 915. The van der Waals surface area contributed by atoms with Gasteiger partial charge < -0.3 is 9.64 Å². The molecule has 0 aliphatic rings. The molecule has 0 aliphatic heterocycles. The topological polar surface area (TPSA) is 47.4 Å². The lowest BCUT2D eigenvalue weighted by atomic mass is 10.2. The summed E-state index contributed by atoms with van der Waals surface area (Å²) in [6.07, 6.45) is 0. The SMILES string of the molecule is Cc1ccc(OCC(=O)N(C)Cc2c(C)nn(-c3ccccc3)c2C)cc1. The smallest absolute Gasteiger partial charge is 0.260 e. The van der Waals surface area contributed by atoms with Gasteiger partial charge in [0.2, 0.25) is 0 Å². The summed E-state index contributed by atoms with van der Waals surface area (Å²) in [4.78, 5) is 14.1. The highest BCUT2D eigenvalue weighted by Crippen LogP contribution is 2.19. The third-order valence-electron chi connectivity index (χ3n) is 4.65. The molecule has 3 aromatic rings. The van der Waals surface area contributed by atoms with Gasteiger partial charge in [0.05, 0.1) is 11.4 Å². The van der Waals surface area contributed by atoms with E-state index >= 15 is 0 Å². The first-order valence-corrected chi connectivity index (χ1v) is 8.99. The maximum Gasteiger partial charge on any atom is 0.260 e. The Labute approximate surface area is 160 Å². The summed E-state index contributed by atoms with van der Waals surface area (Å²) in [6.45, 7) is 6.54. The second-order valence-corrected chi connectivity index (χ2v) is 6.75. The van der Waals surface area contributed by atoms with E-state index in [1.165, 1.54) is 0 Å². The highest BCUT2D eigenvalue weighted by atomic mass is 16.5. The van der Waals surface area contributed by atoms with E-state index in [0.29, 0.717) is 12.3 Å². The molecule has 5 nitrogen and oxygen atoms in total. The van der Waals surface area contributed by atoms with Crippen LogP contribution >= 0.6 is 0 Å². The second-order valence-electron chi connectivity index (χ2n) is 6.75. The van der Waals surface area contributed by atoms with Crippen molar-refractivity contribution in [3.63, 3.8) is 0 Å². The number of likely N-dealkylation sites (N-methyl/N-ethyl adjacent to an activating group) is 1. The number of nitrogens with zero attached hydrogens (tertiary/aromatic N) is 3. The van der Waals surface area contributed by atoms with Gasteiger partial charge in [0.1, 0.15) is 5.75 Å². The van der Waals surface area contributed by atoms with Crippen molar-refractivity contribution >= 4 is 5.91 Å². The molecule has 140 valence electrons. The van der Waals surface area contributed by atoms with Gasteiger partial charge in [-0.2, -0.15) is 5.10 Å². The van der Waals surface area contributed by atoms with Crippen LogP contribution in [-0.4, -0.2) is 34.2 Å². The normalized spacial score (nSPS) is 10.7. The molecule has 1 amide bonds. The number of carbonyl (C=O) groups excluding carboxylic acids is 1. The number of amides is 1. The van der Waals surface area contributed by atoms with Crippen molar-refractivity contribution in [3.05, 3.63) is 77.1 Å². The largest absolute Gasteiger partial charge is 0.484 e. The summed E-state index contributed by atoms with van der Waals surface area (Å²) >= 11 is 0. The first-order valence-electron chi connectivity index (χ1n) is 8.99. The van der Waals surface area contributed by atoms with Crippen LogP contribution in [0.1, 0.15) is 22.5 Å². The Kier molecular flexibility index (Phi) is 5.60. The maximum absolute atomic E-state index is 12.5. The zero-order chi connectivity index (χ0) is 19.4. The number of aromatic nitrogens is 2. The minimum absolute atomic E-state index is 0.0183. The standard InChI is InChI=1S/C22H25N3O2/c1-16-10-12-20(13-11-16)27-15-22(26)24(4)14-21-17(2)23-25(18(21)3)19-8-6-5-7-9-19/h5-13H,14-15H2,1-4H3. The van der Waals surface area contributed by atoms with Gasteiger partial charge in [-0.3, -0.25) is 4.79 Å². The highest BCUT2D eigenvalue weighted by Gasteiger charge is 2.17. The molecule has 0 aliphatic carbocycles.